The third-order valence-corrected chi connectivity index (χ3v) is 4.74. The second-order valence-corrected chi connectivity index (χ2v) is 6.70. The van der Waals surface area contributed by atoms with Crippen molar-refractivity contribution >= 4 is 17.5 Å². The third kappa shape index (κ3) is 2.87. The average Bonchev–Trinajstić information content (AvgIpc) is 3.12. The van der Waals surface area contributed by atoms with Crippen molar-refractivity contribution in [2.24, 2.45) is 0 Å². The highest BCUT2D eigenvalue weighted by atomic mass is 16.2. The summed E-state index contributed by atoms with van der Waals surface area (Å²) in [6.07, 6.45) is 9.01. The monoisotopic (exact) mass is 351 g/mol. The molecular weight excluding hydrogens is 330 g/mol. The van der Waals surface area contributed by atoms with Gasteiger partial charge in [-0.25, -0.2) is 19.5 Å². The van der Waals surface area contributed by atoms with E-state index in [0.717, 1.165) is 37.6 Å². The predicted octanol–water partition coefficient (Wildman–Crippen LogP) is 1.61. The zero-order valence-electron chi connectivity index (χ0n) is 14.9. The van der Waals surface area contributed by atoms with Crippen molar-refractivity contribution in [2.45, 2.75) is 18.8 Å². The van der Waals surface area contributed by atoms with E-state index in [4.69, 9.17) is 0 Å². The van der Waals surface area contributed by atoms with Crippen LogP contribution in [0.3, 0.4) is 0 Å². The minimum absolute atomic E-state index is 0.0902. The van der Waals surface area contributed by atoms with Crippen molar-refractivity contribution in [3.05, 3.63) is 48.2 Å². The molecule has 0 aliphatic carbocycles. The van der Waals surface area contributed by atoms with Gasteiger partial charge in [0.15, 0.2) is 5.65 Å². The summed E-state index contributed by atoms with van der Waals surface area (Å²) in [6.45, 7) is 1.76. The molecule has 8 heteroatoms. The first-order valence-electron chi connectivity index (χ1n) is 8.71. The largest absolute Gasteiger partial charge is 0.345 e. The molecule has 0 spiro atoms. The molecule has 0 radical (unpaired) electrons. The van der Waals surface area contributed by atoms with Crippen molar-refractivity contribution in [1.82, 2.24) is 29.5 Å². The second kappa shape index (κ2) is 6.70. The van der Waals surface area contributed by atoms with E-state index in [2.05, 4.69) is 25.0 Å². The molecule has 1 amide bonds. The van der Waals surface area contributed by atoms with Gasteiger partial charge >= 0.3 is 0 Å². The van der Waals surface area contributed by atoms with Gasteiger partial charge in [0.2, 0.25) is 5.95 Å². The lowest BCUT2D eigenvalue weighted by molar-refractivity contribution is 0.0829. The normalized spacial score (nSPS) is 17.5. The van der Waals surface area contributed by atoms with E-state index in [1.165, 1.54) is 0 Å². The standard InChI is InChI=1S/C18H21N7O/c1-23(2)17(26)14-11-22-25-15(6-9-19-16(14)25)13-5-3-10-24(12-13)18-20-7-4-8-21-18/h4,6-9,11,13H,3,5,10,12H2,1-2H3/t13-/m1/s1. The number of nitrogens with zero attached hydrogens (tertiary/aromatic N) is 7. The Labute approximate surface area is 151 Å². The zero-order valence-corrected chi connectivity index (χ0v) is 14.9. The second-order valence-electron chi connectivity index (χ2n) is 6.70. The number of fused-ring (bicyclic) bond motifs is 1. The van der Waals surface area contributed by atoms with E-state index in [9.17, 15) is 4.79 Å². The fraction of sp³-hybridized carbons (Fsp3) is 0.389. The van der Waals surface area contributed by atoms with Crippen LogP contribution < -0.4 is 4.90 Å². The summed E-state index contributed by atoms with van der Waals surface area (Å²) in [4.78, 5) is 29.2. The number of rotatable bonds is 3. The van der Waals surface area contributed by atoms with Crippen molar-refractivity contribution < 1.29 is 4.79 Å². The minimum atomic E-state index is -0.0902. The van der Waals surface area contributed by atoms with E-state index >= 15 is 0 Å². The topological polar surface area (TPSA) is 79.5 Å². The van der Waals surface area contributed by atoms with E-state index < -0.39 is 0 Å². The molecule has 0 bridgehead atoms. The van der Waals surface area contributed by atoms with Crippen LogP contribution >= 0.6 is 0 Å². The van der Waals surface area contributed by atoms with Crippen LogP contribution in [0.25, 0.3) is 5.65 Å². The van der Waals surface area contributed by atoms with Crippen LogP contribution in [0, 0.1) is 0 Å². The lowest BCUT2D eigenvalue weighted by Gasteiger charge is -2.32. The van der Waals surface area contributed by atoms with Gasteiger partial charge in [-0.3, -0.25) is 4.79 Å². The molecule has 0 unspecified atom stereocenters. The molecule has 1 atom stereocenters. The van der Waals surface area contributed by atoms with E-state index in [1.807, 2.05) is 12.1 Å². The van der Waals surface area contributed by atoms with Crippen molar-refractivity contribution in [2.75, 3.05) is 32.1 Å². The molecule has 1 saturated heterocycles. The van der Waals surface area contributed by atoms with Gasteiger partial charge in [-0.2, -0.15) is 5.10 Å². The maximum absolute atomic E-state index is 12.4. The Kier molecular flexibility index (Phi) is 4.24. The maximum Gasteiger partial charge on any atom is 0.258 e. The Morgan fingerprint density at radius 1 is 1.19 bits per heavy atom. The van der Waals surface area contributed by atoms with E-state index in [-0.39, 0.29) is 11.8 Å². The number of hydrogen-bond donors (Lipinski definition) is 0. The summed E-state index contributed by atoms with van der Waals surface area (Å²) < 4.78 is 1.80. The van der Waals surface area contributed by atoms with Crippen LogP contribution in [0.2, 0.25) is 0 Å². The summed E-state index contributed by atoms with van der Waals surface area (Å²) in [5.41, 5.74) is 2.19. The Bertz CT molecular complexity index is 922. The predicted molar refractivity (Wildman–Crippen MR) is 97.2 cm³/mol. The first-order valence-corrected chi connectivity index (χ1v) is 8.71. The molecule has 1 aliphatic heterocycles. The first-order chi connectivity index (χ1) is 12.6. The number of anilines is 1. The maximum atomic E-state index is 12.4. The van der Waals surface area contributed by atoms with Crippen molar-refractivity contribution in [3.8, 4) is 0 Å². The molecule has 4 rings (SSSR count). The number of amides is 1. The van der Waals surface area contributed by atoms with Crippen LogP contribution in [-0.2, 0) is 0 Å². The highest BCUT2D eigenvalue weighted by Gasteiger charge is 2.26. The molecule has 3 aromatic rings. The highest BCUT2D eigenvalue weighted by molar-refractivity contribution is 5.99. The molecular formula is C18H21N7O. The number of carbonyl (C=O) groups excluding carboxylic acids is 1. The summed E-state index contributed by atoms with van der Waals surface area (Å²) in [5, 5.41) is 4.45. The zero-order chi connectivity index (χ0) is 18.1. The molecule has 0 N–H and O–H groups in total. The van der Waals surface area contributed by atoms with Gasteiger partial charge < -0.3 is 9.80 Å². The molecule has 8 nitrogen and oxygen atoms in total. The summed E-state index contributed by atoms with van der Waals surface area (Å²) in [6, 6.07) is 3.81. The molecule has 0 saturated carbocycles. The number of piperidine rings is 1. The molecule has 0 aromatic carbocycles. The third-order valence-electron chi connectivity index (χ3n) is 4.74. The van der Waals surface area contributed by atoms with Gasteiger partial charge in [0.1, 0.15) is 5.56 Å². The Morgan fingerprint density at radius 3 is 2.77 bits per heavy atom. The Balaban J connectivity index is 1.67. The lowest BCUT2D eigenvalue weighted by Crippen LogP contribution is -2.36. The summed E-state index contributed by atoms with van der Waals surface area (Å²) in [5.74, 6) is 0.944. The van der Waals surface area contributed by atoms with Crippen molar-refractivity contribution in [1.29, 1.82) is 0 Å². The van der Waals surface area contributed by atoms with Crippen molar-refractivity contribution in [3.63, 3.8) is 0 Å². The molecule has 1 fully saturated rings. The molecule has 134 valence electrons. The molecule has 1 aliphatic rings. The fourth-order valence-electron chi connectivity index (χ4n) is 3.47. The van der Waals surface area contributed by atoms with Gasteiger partial charge in [-0.1, -0.05) is 0 Å². The molecule has 26 heavy (non-hydrogen) atoms. The van der Waals surface area contributed by atoms with Crippen LogP contribution in [0.1, 0.15) is 34.8 Å². The molecule has 3 aromatic heterocycles. The SMILES string of the molecule is CN(C)C(=O)c1cnn2c([C@@H]3CCCN(c4ncccn4)C3)ccnc12. The van der Waals surface area contributed by atoms with Crippen LogP contribution in [0.15, 0.2) is 36.9 Å². The summed E-state index contributed by atoms with van der Waals surface area (Å²) in [7, 11) is 3.46. The fourth-order valence-corrected chi connectivity index (χ4v) is 3.47. The van der Waals surface area contributed by atoms with Gasteiger partial charge in [-0.05, 0) is 25.0 Å². The van der Waals surface area contributed by atoms with Gasteiger partial charge in [0.05, 0.1) is 11.9 Å². The number of aromatic nitrogens is 5. The average molecular weight is 351 g/mol. The highest BCUT2D eigenvalue weighted by Crippen LogP contribution is 2.29. The smallest absolute Gasteiger partial charge is 0.258 e. The summed E-state index contributed by atoms with van der Waals surface area (Å²) >= 11 is 0. The van der Waals surface area contributed by atoms with E-state index in [1.54, 1.807) is 48.3 Å². The van der Waals surface area contributed by atoms with Gasteiger partial charge in [-0.15, -0.1) is 0 Å². The quantitative estimate of drug-likeness (QED) is 0.713. The first kappa shape index (κ1) is 16.4. The van der Waals surface area contributed by atoms with Crippen LogP contribution in [-0.4, -0.2) is 62.6 Å². The minimum Gasteiger partial charge on any atom is -0.345 e. The molecule has 4 heterocycles. The Hall–Kier alpha value is -3.03. The van der Waals surface area contributed by atoms with Crippen LogP contribution in [0.4, 0.5) is 5.95 Å². The number of hydrogen-bond acceptors (Lipinski definition) is 6. The van der Waals surface area contributed by atoms with Gasteiger partial charge in [0, 0.05) is 51.7 Å². The lowest BCUT2D eigenvalue weighted by atomic mass is 9.94. The number of carbonyl (C=O) groups is 1. The van der Waals surface area contributed by atoms with Gasteiger partial charge in [0.25, 0.3) is 5.91 Å². The Morgan fingerprint density at radius 2 is 2.00 bits per heavy atom. The van der Waals surface area contributed by atoms with Crippen LogP contribution in [0.5, 0.6) is 0 Å². The van der Waals surface area contributed by atoms with E-state index in [0.29, 0.717) is 11.2 Å².